The van der Waals surface area contributed by atoms with Crippen molar-refractivity contribution in [3.05, 3.63) is 34.9 Å². The Kier molecular flexibility index (Phi) is 4.85. The van der Waals surface area contributed by atoms with Crippen molar-refractivity contribution in [3.63, 3.8) is 0 Å². The summed E-state index contributed by atoms with van der Waals surface area (Å²) in [5, 5.41) is 9.15. The Balaban J connectivity index is 3.26. The molecular formula is C12H10BrNO3. The average molecular weight is 296 g/mol. The van der Waals surface area contributed by atoms with Crippen molar-refractivity contribution in [2.75, 3.05) is 12.4 Å². The van der Waals surface area contributed by atoms with E-state index in [0.29, 0.717) is 11.1 Å². The highest BCUT2D eigenvalue weighted by atomic mass is 79.9. The van der Waals surface area contributed by atoms with E-state index in [-0.39, 0.29) is 23.1 Å². The van der Waals surface area contributed by atoms with Crippen LogP contribution in [-0.4, -0.2) is 24.2 Å². The number of nitriles is 1. The fraction of sp³-hybridized carbons (Fsp3) is 0.250. The van der Waals surface area contributed by atoms with Crippen molar-refractivity contribution in [2.24, 2.45) is 0 Å². The average Bonchev–Trinajstić information content (AvgIpc) is 2.37. The highest BCUT2D eigenvalue weighted by molar-refractivity contribution is 9.09. The molecule has 88 valence electrons. The third-order valence-corrected chi connectivity index (χ3v) is 2.85. The summed E-state index contributed by atoms with van der Waals surface area (Å²) in [7, 11) is 1.26. The van der Waals surface area contributed by atoms with Crippen molar-refractivity contribution >= 4 is 27.7 Å². The van der Waals surface area contributed by atoms with Gasteiger partial charge in [0.05, 0.1) is 29.6 Å². The van der Waals surface area contributed by atoms with Gasteiger partial charge in [-0.1, -0.05) is 22.0 Å². The minimum Gasteiger partial charge on any atom is -0.465 e. The summed E-state index contributed by atoms with van der Waals surface area (Å²) >= 11 is 3.05. The van der Waals surface area contributed by atoms with Crippen LogP contribution in [-0.2, 0) is 16.0 Å². The molecule has 0 spiro atoms. The lowest BCUT2D eigenvalue weighted by Crippen LogP contribution is -2.12. The largest absolute Gasteiger partial charge is 0.465 e. The highest BCUT2D eigenvalue weighted by Gasteiger charge is 2.17. The smallest absolute Gasteiger partial charge is 0.338 e. The van der Waals surface area contributed by atoms with Crippen LogP contribution in [0.3, 0.4) is 0 Å². The van der Waals surface area contributed by atoms with Crippen molar-refractivity contribution in [2.45, 2.75) is 6.42 Å². The fourth-order valence-corrected chi connectivity index (χ4v) is 1.63. The van der Waals surface area contributed by atoms with Gasteiger partial charge in [0.1, 0.15) is 5.78 Å². The van der Waals surface area contributed by atoms with E-state index in [0.717, 1.165) is 0 Å². The number of carbonyl (C=O) groups is 2. The molecule has 0 N–H and O–H groups in total. The summed E-state index contributed by atoms with van der Waals surface area (Å²) in [4.78, 5) is 22.9. The highest BCUT2D eigenvalue weighted by Crippen LogP contribution is 2.17. The van der Waals surface area contributed by atoms with E-state index in [1.165, 1.54) is 7.11 Å². The maximum absolute atomic E-state index is 11.5. The molecule has 0 fully saturated rings. The Morgan fingerprint density at radius 3 is 2.71 bits per heavy atom. The molecule has 0 aliphatic rings. The second-order valence-electron chi connectivity index (χ2n) is 3.28. The molecule has 17 heavy (non-hydrogen) atoms. The number of ketones is 1. The monoisotopic (exact) mass is 295 g/mol. The van der Waals surface area contributed by atoms with Crippen LogP contribution in [0.5, 0.6) is 0 Å². The molecule has 5 heteroatoms. The molecule has 0 unspecified atom stereocenters. The number of hydrogen-bond acceptors (Lipinski definition) is 4. The first-order chi connectivity index (χ1) is 8.13. The van der Waals surface area contributed by atoms with E-state index in [2.05, 4.69) is 20.7 Å². The minimum atomic E-state index is -0.542. The Hall–Kier alpha value is -1.67. The molecule has 0 saturated carbocycles. The summed E-state index contributed by atoms with van der Waals surface area (Å²) in [5.74, 6) is -0.641. The molecule has 4 nitrogen and oxygen atoms in total. The Bertz CT molecular complexity index is 491. The van der Waals surface area contributed by atoms with Gasteiger partial charge in [-0.15, -0.1) is 0 Å². The SMILES string of the molecule is COC(=O)c1cccc(C#N)c1CC(=O)CBr. The summed E-state index contributed by atoms with van der Waals surface area (Å²) < 4.78 is 4.62. The number of nitrogens with zero attached hydrogens (tertiary/aromatic N) is 1. The van der Waals surface area contributed by atoms with Crippen molar-refractivity contribution < 1.29 is 14.3 Å². The predicted molar refractivity (Wildman–Crippen MR) is 65.0 cm³/mol. The molecule has 0 atom stereocenters. The molecule has 0 aliphatic carbocycles. The number of ether oxygens (including phenoxy) is 1. The number of halogens is 1. The zero-order valence-corrected chi connectivity index (χ0v) is 10.8. The van der Waals surface area contributed by atoms with Gasteiger partial charge in [-0.3, -0.25) is 4.79 Å². The van der Waals surface area contributed by atoms with Gasteiger partial charge in [0, 0.05) is 6.42 Å². The number of hydrogen-bond donors (Lipinski definition) is 0. The zero-order valence-electron chi connectivity index (χ0n) is 9.20. The van der Waals surface area contributed by atoms with Crippen LogP contribution in [0.15, 0.2) is 18.2 Å². The third-order valence-electron chi connectivity index (χ3n) is 2.22. The van der Waals surface area contributed by atoms with Crippen molar-refractivity contribution in [3.8, 4) is 6.07 Å². The van der Waals surface area contributed by atoms with Gasteiger partial charge in [0.15, 0.2) is 0 Å². The molecule has 0 radical (unpaired) electrons. The normalized spacial score (nSPS) is 9.47. The maximum atomic E-state index is 11.5. The first-order valence-electron chi connectivity index (χ1n) is 4.82. The molecular weight excluding hydrogens is 286 g/mol. The second kappa shape index (κ2) is 6.16. The molecule has 0 heterocycles. The van der Waals surface area contributed by atoms with E-state index in [1.54, 1.807) is 18.2 Å². The number of rotatable bonds is 4. The molecule has 1 aromatic carbocycles. The van der Waals surface area contributed by atoms with E-state index < -0.39 is 5.97 Å². The molecule has 0 bridgehead atoms. The summed E-state index contributed by atoms with van der Waals surface area (Å²) in [5.41, 5.74) is 1.01. The fourth-order valence-electron chi connectivity index (χ4n) is 1.43. The Morgan fingerprint density at radius 2 is 2.18 bits per heavy atom. The van der Waals surface area contributed by atoms with Crippen molar-refractivity contribution in [1.29, 1.82) is 5.26 Å². The molecule has 0 saturated heterocycles. The summed E-state index contributed by atoms with van der Waals surface area (Å²) in [6, 6.07) is 6.68. The van der Waals surface area contributed by atoms with Gasteiger partial charge in [0.2, 0.25) is 0 Å². The summed E-state index contributed by atoms with van der Waals surface area (Å²) in [6.45, 7) is 0. The summed E-state index contributed by atoms with van der Waals surface area (Å²) in [6.07, 6.45) is 0.0411. The zero-order chi connectivity index (χ0) is 12.8. The van der Waals surface area contributed by atoms with Gasteiger partial charge >= 0.3 is 5.97 Å². The van der Waals surface area contributed by atoms with Crippen LogP contribution in [0, 0.1) is 11.3 Å². The van der Waals surface area contributed by atoms with Crippen LogP contribution >= 0.6 is 15.9 Å². The van der Waals surface area contributed by atoms with Crippen LogP contribution in [0.2, 0.25) is 0 Å². The number of Topliss-reactive ketones (excluding diaryl/α,β-unsaturated/α-hetero) is 1. The number of carbonyl (C=O) groups excluding carboxylic acids is 2. The quantitative estimate of drug-likeness (QED) is 0.628. The number of esters is 1. The van der Waals surface area contributed by atoms with Crippen LogP contribution in [0.25, 0.3) is 0 Å². The van der Waals surface area contributed by atoms with Crippen LogP contribution in [0.4, 0.5) is 0 Å². The van der Waals surface area contributed by atoms with Crippen molar-refractivity contribution in [1.82, 2.24) is 0 Å². The van der Waals surface area contributed by atoms with Gasteiger partial charge in [-0.2, -0.15) is 5.26 Å². The van der Waals surface area contributed by atoms with E-state index in [4.69, 9.17) is 5.26 Å². The number of methoxy groups -OCH3 is 1. The van der Waals surface area contributed by atoms with E-state index in [9.17, 15) is 9.59 Å². The molecule has 0 amide bonds. The van der Waals surface area contributed by atoms with Gasteiger partial charge < -0.3 is 4.74 Å². The lowest BCUT2D eigenvalue weighted by Gasteiger charge is -2.08. The maximum Gasteiger partial charge on any atom is 0.338 e. The first-order valence-corrected chi connectivity index (χ1v) is 5.94. The number of alkyl halides is 1. The van der Waals surface area contributed by atoms with E-state index in [1.807, 2.05) is 6.07 Å². The van der Waals surface area contributed by atoms with Gasteiger partial charge in [-0.05, 0) is 17.7 Å². The minimum absolute atomic E-state index is 0.0411. The van der Waals surface area contributed by atoms with Gasteiger partial charge in [-0.25, -0.2) is 4.79 Å². The standard InChI is InChI=1S/C12H10BrNO3/c1-17-12(16)10-4-2-3-8(7-14)11(10)5-9(15)6-13/h2-4H,5-6H2,1H3. The molecule has 0 aliphatic heterocycles. The topological polar surface area (TPSA) is 67.2 Å². The lowest BCUT2D eigenvalue weighted by atomic mass is 9.97. The van der Waals surface area contributed by atoms with E-state index >= 15 is 0 Å². The van der Waals surface area contributed by atoms with Gasteiger partial charge in [0.25, 0.3) is 0 Å². The third kappa shape index (κ3) is 3.14. The Morgan fingerprint density at radius 1 is 1.47 bits per heavy atom. The molecule has 0 aromatic heterocycles. The van der Waals surface area contributed by atoms with Crippen LogP contribution < -0.4 is 0 Å². The predicted octanol–water partition coefficient (Wildman–Crippen LogP) is 1.85. The number of benzene rings is 1. The Labute approximate surface area is 107 Å². The first kappa shape index (κ1) is 13.4. The molecule has 1 rings (SSSR count). The molecule has 1 aromatic rings. The second-order valence-corrected chi connectivity index (χ2v) is 3.84. The van der Waals surface area contributed by atoms with Crippen LogP contribution in [0.1, 0.15) is 21.5 Å². The lowest BCUT2D eigenvalue weighted by molar-refractivity contribution is -0.115.